The normalized spacial score (nSPS) is 12.4. The highest BCUT2D eigenvalue weighted by Crippen LogP contribution is 2.37. The fourth-order valence-electron chi connectivity index (χ4n) is 3.54. The number of aromatic nitrogens is 1. The zero-order valence-corrected chi connectivity index (χ0v) is 18.0. The Bertz CT molecular complexity index is 1340. The van der Waals surface area contributed by atoms with Gasteiger partial charge < -0.3 is 14.6 Å². The second-order valence-electron chi connectivity index (χ2n) is 7.62. The van der Waals surface area contributed by atoms with E-state index < -0.39 is 23.8 Å². The molecule has 0 aliphatic carbocycles. The van der Waals surface area contributed by atoms with Crippen molar-refractivity contribution in [2.24, 2.45) is 0 Å². The summed E-state index contributed by atoms with van der Waals surface area (Å²) in [5.74, 6) is -0.127. The molecule has 0 bridgehead atoms. The summed E-state index contributed by atoms with van der Waals surface area (Å²) in [6.07, 6.45) is -4.12. The fourth-order valence-corrected chi connectivity index (χ4v) is 3.54. The van der Waals surface area contributed by atoms with Gasteiger partial charge in [-0.2, -0.15) is 13.2 Å². The molecular weight excluding hydrogens is 447 g/mol. The quantitative estimate of drug-likeness (QED) is 0.343. The first-order valence-electron chi connectivity index (χ1n) is 10.4. The Labute approximate surface area is 193 Å². The zero-order valence-electron chi connectivity index (χ0n) is 18.0. The first-order valence-corrected chi connectivity index (χ1v) is 10.4. The summed E-state index contributed by atoms with van der Waals surface area (Å²) in [7, 11) is 0. The van der Waals surface area contributed by atoms with Gasteiger partial charge in [-0.3, -0.25) is 4.98 Å². The maximum absolute atomic E-state index is 13.4. The largest absolute Gasteiger partial charge is 0.489 e. The number of pyridine rings is 1. The van der Waals surface area contributed by atoms with Crippen LogP contribution < -0.4 is 9.47 Å². The van der Waals surface area contributed by atoms with Crippen LogP contribution in [-0.4, -0.2) is 22.2 Å². The summed E-state index contributed by atoms with van der Waals surface area (Å²) in [5, 5.41) is 9.39. The van der Waals surface area contributed by atoms with Gasteiger partial charge in [0.25, 0.3) is 0 Å². The molecule has 0 amide bonds. The second-order valence-corrected chi connectivity index (χ2v) is 7.62. The number of hydrogen-bond acceptors (Lipinski definition) is 4. The van der Waals surface area contributed by atoms with E-state index in [1.807, 2.05) is 6.07 Å². The van der Waals surface area contributed by atoms with E-state index in [0.717, 1.165) is 11.6 Å². The molecule has 1 heterocycles. The molecule has 1 aromatic heterocycles. The summed E-state index contributed by atoms with van der Waals surface area (Å²) < 4.78 is 51.5. The molecule has 4 rings (SSSR count). The van der Waals surface area contributed by atoms with Crippen molar-refractivity contribution in [3.63, 3.8) is 0 Å². The van der Waals surface area contributed by atoms with Gasteiger partial charge in [0.2, 0.25) is 0 Å². The van der Waals surface area contributed by atoms with Gasteiger partial charge in [0.1, 0.15) is 18.1 Å². The van der Waals surface area contributed by atoms with E-state index in [1.54, 1.807) is 54.6 Å². The maximum Gasteiger partial charge on any atom is 0.418 e. The minimum atomic E-state index is -4.50. The van der Waals surface area contributed by atoms with Crippen LogP contribution in [0.5, 0.6) is 11.5 Å². The topological polar surface area (TPSA) is 68.7 Å². The molecule has 1 atom stereocenters. The number of carboxylic acids is 1. The Morgan fingerprint density at radius 3 is 2.50 bits per heavy atom. The van der Waals surface area contributed by atoms with Crippen LogP contribution in [0.15, 0.2) is 79.0 Å². The first kappa shape index (κ1) is 23.1. The minimum Gasteiger partial charge on any atom is -0.489 e. The van der Waals surface area contributed by atoms with E-state index in [1.165, 1.54) is 19.2 Å². The molecule has 0 radical (unpaired) electrons. The van der Waals surface area contributed by atoms with Crippen molar-refractivity contribution in [2.45, 2.75) is 25.8 Å². The van der Waals surface area contributed by atoms with E-state index >= 15 is 0 Å². The van der Waals surface area contributed by atoms with Gasteiger partial charge in [-0.1, -0.05) is 36.4 Å². The first-order chi connectivity index (χ1) is 16.2. The molecule has 8 heteroatoms. The van der Waals surface area contributed by atoms with Gasteiger partial charge in [0.15, 0.2) is 6.10 Å². The lowest BCUT2D eigenvalue weighted by Crippen LogP contribution is -2.22. The molecular formula is C26H20F3NO4. The van der Waals surface area contributed by atoms with Gasteiger partial charge in [-0.15, -0.1) is 0 Å². The van der Waals surface area contributed by atoms with Crippen molar-refractivity contribution in [1.82, 2.24) is 4.98 Å². The van der Waals surface area contributed by atoms with Crippen LogP contribution >= 0.6 is 0 Å². The van der Waals surface area contributed by atoms with Crippen LogP contribution in [0.2, 0.25) is 0 Å². The highest BCUT2D eigenvalue weighted by Gasteiger charge is 2.33. The highest BCUT2D eigenvalue weighted by molar-refractivity contribution is 5.96. The molecule has 0 saturated heterocycles. The summed E-state index contributed by atoms with van der Waals surface area (Å²) in [6, 6.07) is 19.6. The third-order valence-electron chi connectivity index (χ3n) is 5.19. The van der Waals surface area contributed by atoms with E-state index in [-0.39, 0.29) is 12.1 Å². The second kappa shape index (κ2) is 9.43. The maximum atomic E-state index is 13.4. The van der Waals surface area contributed by atoms with Crippen molar-refractivity contribution >= 4 is 16.9 Å². The van der Waals surface area contributed by atoms with Crippen molar-refractivity contribution in [3.8, 4) is 22.6 Å². The van der Waals surface area contributed by atoms with Crippen LogP contribution in [-0.2, 0) is 17.6 Å². The number of carboxylic acid groups (broad SMARTS) is 1. The molecule has 174 valence electrons. The zero-order chi connectivity index (χ0) is 24.3. The molecule has 1 unspecified atom stereocenters. The molecule has 4 aromatic rings. The van der Waals surface area contributed by atoms with Gasteiger partial charge in [-0.25, -0.2) is 4.79 Å². The summed E-state index contributed by atoms with van der Waals surface area (Å²) >= 11 is 0. The third-order valence-corrected chi connectivity index (χ3v) is 5.19. The standard InChI is InChI=1S/C26H20F3NO4/c1-16(25(31)32)34-20-8-2-5-17(13-20)15-33-19-7-3-6-18(14-19)21-11-12-30-24-22(21)9-4-10-23(24)26(27,28)29/h2-14,16H,15H2,1H3,(H,31,32). The Balaban J connectivity index is 1.57. The average molecular weight is 467 g/mol. The Morgan fingerprint density at radius 2 is 1.74 bits per heavy atom. The van der Waals surface area contributed by atoms with Crippen molar-refractivity contribution in [2.75, 3.05) is 0 Å². The lowest BCUT2D eigenvalue weighted by atomic mass is 9.99. The number of ether oxygens (including phenoxy) is 2. The number of halogens is 3. The van der Waals surface area contributed by atoms with E-state index in [4.69, 9.17) is 14.6 Å². The fraction of sp³-hybridized carbons (Fsp3) is 0.154. The SMILES string of the molecule is CC(Oc1cccc(COc2cccc(-c3ccnc4c(C(F)(F)F)cccc34)c2)c1)C(=O)O. The number of fused-ring (bicyclic) bond motifs is 1. The smallest absolute Gasteiger partial charge is 0.418 e. The Morgan fingerprint density at radius 1 is 1.00 bits per heavy atom. The number of para-hydroxylation sites is 1. The van der Waals surface area contributed by atoms with E-state index in [9.17, 15) is 18.0 Å². The number of rotatable bonds is 7. The van der Waals surface area contributed by atoms with Crippen molar-refractivity contribution in [1.29, 1.82) is 0 Å². The van der Waals surface area contributed by atoms with E-state index in [0.29, 0.717) is 28.0 Å². The summed E-state index contributed by atoms with van der Waals surface area (Å²) in [4.78, 5) is 15.0. The van der Waals surface area contributed by atoms with E-state index in [2.05, 4.69) is 4.98 Å². The molecule has 3 aromatic carbocycles. The van der Waals surface area contributed by atoms with Crippen molar-refractivity contribution in [3.05, 3.63) is 90.1 Å². The molecule has 5 nitrogen and oxygen atoms in total. The summed E-state index contributed by atoms with van der Waals surface area (Å²) in [5.41, 5.74) is 1.19. The number of carbonyl (C=O) groups is 1. The molecule has 0 saturated carbocycles. The molecule has 0 aliphatic heterocycles. The van der Waals surface area contributed by atoms with Gasteiger partial charge in [0, 0.05) is 11.6 Å². The summed E-state index contributed by atoms with van der Waals surface area (Å²) in [6.45, 7) is 1.63. The molecule has 0 spiro atoms. The highest BCUT2D eigenvalue weighted by atomic mass is 19.4. The monoisotopic (exact) mass is 467 g/mol. The number of alkyl halides is 3. The van der Waals surface area contributed by atoms with Crippen LogP contribution in [0.25, 0.3) is 22.0 Å². The molecule has 0 fully saturated rings. The third kappa shape index (κ3) is 5.11. The Hall–Kier alpha value is -4.07. The number of aliphatic carboxylic acids is 1. The molecule has 0 aliphatic rings. The lowest BCUT2D eigenvalue weighted by molar-refractivity contribution is -0.144. The van der Waals surface area contributed by atoms with Gasteiger partial charge in [-0.05, 0) is 60.0 Å². The lowest BCUT2D eigenvalue weighted by Gasteiger charge is -2.14. The minimum absolute atomic E-state index is 0.105. The molecule has 1 N–H and O–H groups in total. The predicted octanol–water partition coefficient (Wildman–Crippen LogP) is 6.35. The van der Waals surface area contributed by atoms with Crippen LogP contribution in [0, 0.1) is 0 Å². The number of benzene rings is 3. The van der Waals surface area contributed by atoms with Gasteiger partial charge >= 0.3 is 12.1 Å². The van der Waals surface area contributed by atoms with Crippen LogP contribution in [0.1, 0.15) is 18.1 Å². The molecule has 34 heavy (non-hydrogen) atoms. The van der Waals surface area contributed by atoms with Gasteiger partial charge in [0.05, 0.1) is 11.1 Å². The van der Waals surface area contributed by atoms with Crippen molar-refractivity contribution < 1.29 is 32.5 Å². The average Bonchev–Trinajstić information content (AvgIpc) is 2.81. The van der Waals surface area contributed by atoms with Crippen LogP contribution in [0.3, 0.4) is 0 Å². The number of nitrogens with zero attached hydrogens (tertiary/aromatic N) is 1. The van der Waals surface area contributed by atoms with Crippen LogP contribution in [0.4, 0.5) is 13.2 Å². The number of hydrogen-bond donors (Lipinski definition) is 1. The predicted molar refractivity (Wildman–Crippen MR) is 121 cm³/mol. The Kier molecular flexibility index (Phi) is 6.40.